The van der Waals surface area contributed by atoms with Crippen LogP contribution in [0.5, 0.6) is 0 Å². The van der Waals surface area contributed by atoms with Crippen LogP contribution in [0.15, 0.2) is 47.6 Å². The Kier molecular flexibility index (Phi) is 7.26. The highest BCUT2D eigenvalue weighted by Crippen LogP contribution is 2.28. The molecule has 9 nitrogen and oxygen atoms in total. The number of nitrogens with one attached hydrogen (secondary N) is 1. The lowest BCUT2D eigenvalue weighted by Gasteiger charge is -2.15. The molecule has 4 rings (SSSR count). The Morgan fingerprint density at radius 1 is 1.30 bits per heavy atom. The van der Waals surface area contributed by atoms with E-state index in [-0.39, 0.29) is 23.5 Å². The number of nitro groups is 1. The van der Waals surface area contributed by atoms with Crippen LogP contribution < -0.4 is 5.32 Å². The number of anilines is 1. The van der Waals surface area contributed by atoms with E-state index in [1.165, 1.54) is 17.8 Å². The van der Waals surface area contributed by atoms with Gasteiger partial charge in [0, 0.05) is 23.3 Å². The van der Waals surface area contributed by atoms with Crippen molar-refractivity contribution in [2.24, 2.45) is 0 Å². The van der Waals surface area contributed by atoms with E-state index < -0.39 is 4.92 Å². The maximum absolute atomic E-state index is 12.6. The lowest BCUT2D eigenvalue weighted by Crippen LogP contribution is -2.18. The lowest BCUT2D eigenvalue weighted by molar-refractivity contribution is -0.385. The quantitative estimate of drug-likeness (QED) is 0.278. The molecule has 1 amide bonds. The van der Waals surface area contributed by atoms with Crippen LogP contribution in [-0.2, 0) is 16.1 Å². The van der Waals surface area contributed by atoms with Crippen molar-refractivity contribution in [1.29, 1.82) is 0 Å². The number of hydrogen-bond donors (Lipinski definition) is 1. The number of nitrogens with zero attached hydrogens (tertiary/aromatic N) is 4. The molecule has 0 unspecified atom stereocenters. The van der Waals surface area contributed by atoms with Crippen LogP contribution in [0.3, 0.4) is 0 Å². The number of carbonyl (C=O) groups excluding carboxylic acids is 1. The van der Waals surface area contributed by atoms with Crippen molar-refractivity contribution in [1.82, 2.24) is 14.8 Å². The summed E-state index contributed by atoms with van der Waals surface area (Å²) in [7, 11) is 0. The summed E-state index contributed by atoms with van der Waals surface area (Å²) in [4.78, 5) is 23.3. The number of carbonyl (C=O) groups is 1. The molecule has 0 spiro atoms. The van der Waals surface area contributed by atoms with E-state index in [9.17, 15) is 14.9 Å². The van der Waals surface area contributed by atoms with Crippen LogP contribution >= 0.6 is 23.4 Å². The average molecular weight is 488 g/mol. The summed E-state index contributed by atoms with van der Waals surface area (Å²) < 4.78 is 7.77. The Bertz CT molecular complexity index is 1160. The Hall–Kier alpha value is -2.95. The van der Waals surface area contributed by atoms with Gasteiger partial charge in [-0.15, -0.1) is 10.2 Å². The fraction of sp³-hybridized carbons (Fsp3) is 0.318. The van der Waals surface area contributed by atoms with Gasteiger partial charge in [-0.2, -0.15) is 0 Å². The van der Waals surface area contributed by atoms with E-state index in [4.69, 9.17) is 16.3 Å². The smallest absolute Gasteiger partial charge is 0.274 e. The number of aromatic nitrogens is 3. The second-order valence-electron chi connectivity index (χ2n) is 7.60. The number of ether oxygens (including phenoxy) is 1. The summed E-state index contributed by atoms with van der Waals surface area (Å²) in [5, 5.41) is 23.8. The third kappa shape index (κ3) is 5.52. The molecule has 1 fully saturated rings. The first kappa shape index (κ1) is 23.2. The molecule has 0 radical (unpaired) electrons. The number of amides is 1. The number of hydrogen-bond acceptors (Lipinski definition) is 7. The minimum absolute atomic E-state index is 0.0376. The summed E-state index contributed by atoms with van der Waals surface area (Å²) in [6, 6.07) is 11.9. The van der Waals surface area contributed by atoms with Crippen LogP contribution in [0.4, 0.5) is 11.4 Å². The van der Waals surface area contributed by atoms with E-state index in [2.05, 4.69) is 15.5 Å². The summed E-state index contributed by atoms with van der Waals surface area (Å²) in [5.74, 6) is 0.467. The molecule has 0 bridgehead atoms. The van der Waals surface area contributed by atoms with Crippen molar-refractivity contribution in [2.45, 2.75) is 37.6 Å². The first-order chi connectivity index (χ1) is 15.9. The van der Waals surface area contributed by atoms with E-state index in [0.29, 0.717) is 33.8 Å². The Morgan fingerprint density at radius 2 is 2.09 bits per heavy atom. The Balaban J connectivity index is 1.50. The molecule has 1 saturated heterocycles. The van der Waals surface area contributed by atoms with Crippen molar-refractivity contribution >= 4 is 40.6 Å². The third-order valence-electron chi connectivity index (χ3n) is 5.34. The predicted octanol–water partition coefficient (Wildman–Crippen LogP) is 4.72. The molecule has 0 aliphatic carbocycles. The van der Waals surface area contributed by atoms with Gasteiger partial charge in [0.1, 0.15) is 0 Å². The van der Waals surface area contributed by atoms with Crippen LogP contribution in [0, 0.1) is 17.0 Å². The molecule has 1 atom stereocenters. The summed E-state index contributed by atoms with van der Waals surface area (Å²) in [6.45, 7) is 2.92. The van der Waals surface area contributed by atoms with E-state index in [0.717, 1.165) is 25.0 Å². The van der Waals surface area contributed by atoms with Gasteiger partial charge in [-0.3, -0.25) is 19.5 Å². The minimum atomic E-state index is -0.467. The Morgan fingerprint density at radius 3 is 2.79 bits per heavy atom. The zero-order valence-electron chi connectivity index (χ0n) is 17.9. The van der Waals surface area contributed by atoms with Crippen LogP contribution in [0.1, 0.15) is 18.4 Å². The first-order valence-electron chi connectivity index (χ1n) is 10.4. The molecule has 1 aromatic heterocycles. The summed E-state index contributed by atoms with van der Waals surface area (Å²) >= 11 is 7.28. The molecular weight excluding hydrogens is 466 g/mol. The second-order valence-corrected chi connectivity index (χ2v) is 8.98. The second kappa shape index (κ2) is 10.3. The number of nitro benzene ring substituents is 1. The molecule has 2 heterocycles. The van der Waals surface area contributed by atoms with Crippen molar-refractivity contribution in [2.75, 3.05) is 17.7 Å². The molecule has 2 aromatic carbocycles. The number of rotatable bonds is 8. The van der Waals surface area contributed by atoms with Gasteiger partial charge in [0.05, 0.1) is 34.6 Å². The Labute approximate surface area is 199 Å². The van der Waals surface area contributed by atoms with Gasteiger partial charge in [-0.25, -0.2) is 0 Å². The highest BCUT2D eigenvalue weighted by atomic mass is 35.5. The maximum atomic E-state index is 12.6. The van der Waals surface area contributed by atoms with E-state index in [1.807, 2.05) is 16.7 Å². The fourth-order valence-electron chi connectivity index (χ4n) is 3.64. The third-order valence-corrected chi connectivity index (χ3v) is 6.56. The number of benzene rings is 2. The van der Waals surface area contributed by atoms with Gasteiger partial charge in [0.25, 0.3) is 5.69 Å². The highest BCUT2D eigenvalue weighted by molar-refractivity contribution is 7.99. The molecule has 1 N–H and O–H groups in total. The molecule has 33 heavy (non-hydrogen) atoms. The number of thioether (sulfide) groups is 1. The van der Waals surface area contributed by atoms with Crippen LogP contribution in [0.2, 0.25) is 5.02 Å². The fourth-order valence-corrected chi connectivity index (χ4v) is 4.51. The van der Waals surface area contributed by atoms with Gasteiger partial charge in [0.2, 0.25) is 5.91 Å². The molecule has 0 saturated carbocycles. The summed E-state index contributed by atoms with van der Waals surface area (Å²) in [6.07, 6.45) is 2.03. The van der Waals surface area contributed by atoms with Crippen LogP contribution in [0.25, 0.3) is 11.4 Å². The normalized spacial score (nSPS) is 15.5. The highest BCUT2D eigenvalue weighted by Gasteiger charge is 2.22. The van der Waals surface area contributed by atoms with Gasteiger partial charge >= 0.3 is 0 Å². The number of halogens is 1. The zero-order valence-corrected chi connectivity index (χ0v) is 19.4. The molecule has 11 heteroatoms. The van der Waals surface area contributed by atoms with Gasteiger partial charge in [0.15, 0.2) is 11.0 Å². The molecule has 3 aromatic rings. The monoisotopic (exact) mass is 487 g/mol. The van der Waals surface area contributed by atoms with E-state index in [1.54, 1.807) is 31.2 Å². The predicted molar refractivity (Wildman–Crippen MR) is 127 cm³/mol. The first-order valence-corrected chi connectivity index (χ1v) is 11.8. The van der Waals surface area contributed by atoms with Crippen LogP contribution in [-0.4, -0.2) is 44.1 Å². The largest absolute Gasteiger partial charge is 0.376 e. The zero-order chi connectivity index (χ0) is 23.4. The standard InChI is InChI=1S/C22H22ClN5O4S/c1-14-18(5-2-6-19(14)28(30)31)24-20(29)13-33-22-26-25-21(15-7-9-16(23)10-8-15)27(22)12-17-4-3-11-32-17/h2,5-10,17H,3-4,11-13H2,1H3,(H,24,29)/t17-/m1/s1. The van der Waals surface area contributed by atoms with Gasteiger partial charge < -0.3 is 10.1 Å². The SMILES string of the molecule is Cc1c(NC(=O)CSc2nnc(-c3ccc(Cl)cc3)n2C[C@H]2CCCO2)cccc1[N+](=O)[O-]. The average Bonchev–Trinajstić information content (AvgIpc) is 3.45. The van der Waals surface area contributed by atoms with Crippen molar-refractivity contribution in [3.05, 3.63) is 63.2 Å². The molecular formula is C22H22ClN5O4S. The van der Waals surface area contributed by atoms with Crippen molar-refractivity contribution < 1.29 is 14.5 Å². The van der Waals surface area contributed by atoms with Gasteiger partial charge in [-0.1, -0.05) is 29.4 Å². The molecule has 172 valence electrons. The van der Waals surface area contributed by atoms with E-state index >= 15 is 0 Å². The van der Waals surface area contributed by atoms with Gasteiger partial charge in [-0.05, 0) is 50.1 Å². The maximum Gasteiger partial charge on any atom is 0.274 e. The van der Waals surface area contributed by atoms with Crippen molar-refractivity contribution in [3.8, 4) is 11.4 Å². The minimum Gasteiger partial charge on any atom is -0.376 e. The van der Waals surface area contributed by atoms with Crippen molar-refractivity contribution in [3.63, 3.8) is 0 Å². The molecule has 1 aliphatic heterocycles. The topological polar surface area (TPSA) is 112 Å². The lowest BCUT2D eigenvalue weighted by atomic mass is 10.1. The molecule has 1 aliphatic rings. The summed E-state index contributed by atoms with van der Waals surface area (Å²) in [5.41, 5.74) is 1.66.